The van der Waals surface area contributed by atoms with Gasteiger partial charge in [-0.1, -0.05) is 12.8 Å². The van der Waals surface area contributed by atoms with Crippen molar-refractivity contribution >= 4 is 0 Å². The summed E-state index contributed by atoms with van der Waals surface area (Å²) in [4.78, 5) is 0. The Morgan fingerprint density at radius 2 is 1.44 bits per heavy atom. The van der Waals surface area contributed by atoms with E-state index in [0.717, 1.165) is 38.5 Å². The summed E-state index contributed by atoms with van der Waals surface area (Å²) in [5.74, 6) is -0.846. The predicted molar refractivity (Wildman–Crippen MR) is 87.9 cm³/mol. The molecule has 0 aromatic carbocycles. The Balaban J connectivity index is 1.27. The first-order valence-corrected chi connectivity index (χ1v) is 10.1. The number of rotatable bonds is 2. The molecule has 3 aliphatic heterocycles. The molecule has 5 atom stereocenters. The van der Waals surface area contributed by atoms with Crippen molar-refractivity contribution in [3.63, 3.8) is 0 Å². The minimum absolute atomic E-state index is 0.108. The molecule has 25 heavy (non-hydrogen) atoms. The number of hydrogen-bond donors (Lipinski definition) is 0. The van der Waals surface area contributed by atoms with E-state index in [1.807, 2.05) is 0 Å². The van der Waals surface area contributed by atoms with Crippen LogP contribution in [0.2, 0.25) is 0 Å². The van der Waals surface area contributed by atoms with Crippen LogP contribution < -0.4 is 0 Å². The van der Waals surface area contributed by atoms with Crippen molar-refractivity contribution in [3.05, 3.63) is 0 Å². The van der Waals surface area contributed by atoms with Crippen LogP contribution in [0, 0.1) is 0 Å². The Labute approximate surface area is 149 Å². The second kappa shape index (κ2) is 6.43. The van der Waals surface area contributed by atoms with Crippen LogP contribution in [-0.2, 0) is 28.4 Å². The summed E-state index contributed by atoms with van der Waals surface area (Å²) < 4.78 is 37.1. The van der Waals surface area contributed by atoms with Crippen molar-refractivity contribution in [2.75, 3.05) is 13.7 Å². The third kappa shape index (κ3) is 2.86. The van der Waals surface area contributed by atoms with Crippen molar-refractivity contribution in [3.8, 4) is 0 Å². The Kier molecular flexibility index (Phi) is 4.34. The quantitative estimate of drug-likeness (QED) is 0.760. The van der Waals surface area contributed by atoms with Gasteiger partial charge in [-0.25, -0.2) is 0 Å². The van der Waals surface area contributed by atoms with Gasteiger partial charge in [-0.3, -0.25) is 0 Å². The number of fused-ring (bicyclic) bond motifs is 1. The molecule has 5 rings (SSSR count). The lowest BCUT2D eigenvalue weighted by molar-refractivity contribution is -0.261. The van der Waals surface area contributed by atoms with Crippen LogP contribution in [0.3, 0.4) is 0 Å². The zero-order valence-corrected chi connectivity index (χ0v) is 15.1. The molecule has 0 aromatic rings. The summed E-state index contributed by atoms with van der Waals surface area (Å²) in [5, 5.41) is 0. The lowest BCUT2D eigenvalue weighted by atomic mass is 9.94. The highest BCUT2D eigenvalue weighted by molar-refractivity contribution is 5.01. The molecular weight excluding hydrogens is 324 g/mol. The highest BCUT2D eigenvalue weighted by Crippen LogP contribution is 2.48. The van der Waals surface area contributed by atoms with E-state index in [0.29, 0.717) is 6.61 Å². The average molecular weight is 354 g/mol. The fraction of sp³-hybridized carbons (Fsp3) is 1.00. The molecule has 2 aliphatic carbocycles. The van der Waals surface area contributed by atoms with Crippen LogP contribution >= 0.6 is 0 Å². The van der Waals surface area contributed by atoms with E-state index in [1.165, 1.54) is 25.7 Å². The van der Waals surface area contributed by atoms with Gasteiger partial charge in [0.25, 0.3) is 0 Å². The lowest BCUT2D eigenvalue weighted by Crippen LogP contribution is -2.45. The first-order chi connectivity index (χ1) is 12.2. The molecule has 0 aromatic heterocycles. The SMILES string of the molecule is CO[C@H]1[C@H]2OC3(CCCCC3)O[C@H]2O[C@@H]1[C@H]1COC2(CCCCC2)O1. The van der Waals surface area contributed by atoms with Crippen molar-refractivity contribution in [1.82, 2.24) is 0 Å². The smallest absolute Gasteiger partial charge is 0.190 e. The zero-order chi connectivity index (χ0) is 16.9. The summed E-state index contributed by atoms with van der Waals surface area (Å²) in [5.41, 5.74) is 0. The molecule has 3 heterocycles. The molecule has 5 aliphatic rings. The maximum Gasteiger partial charge on any atom is 0.190 e. The van der Waals surface area contributed by atoms with Gasteiger partial charge in [0, 0.05) is 32.8 Å². The Morgan fingerprint density at radius 3 is 2.12 bits per heavy atom. The normalized spacial score (nSPS) is 45.2. The maximum atomic E-state index is 6.38. The zero-order valence-electron chi connectivity index (χ0n) is 15.1. The van der Waals surface area contributed by atoms with Crippen LogP contribution in [-0.4, -0.2) is 56.0 Å². The van der Waals surface area contributed by atoms with E-state index in [9.17, 15) is 0 Å². The fourth-order valence-corrected chi connectivity index (χ4v) is 5.34. The Hall–Kier alpha value is -0.240. The number of methoxy groups -OCH3 is 1. The molecular formula is C19H30O6. The van der Waals surface area contributed by atoms with Crippen LogP contribution in [0.1, 0.15) is 64.2 Å². The average Bonchev–Trinajstić information content (AvgIpc) is 3.27. The third-order valence-electron chi connectivity index (χ3n) is 6.64. The van der Waals surface area contributed by atoms with Gasteiger partial charge >= 0.3 is 0 Å². The summed E-state index contributed by atoms with van der Waals surface area (Å²) >= 11 is 0. The molecule has 0 amide bonds. The van der Waals surface area contributed by atoms with Gasteiger partial charge < -0.3 is 28.4 Å². The van der Waals surface area contributed by atoms with E-state index < -0.39 is 11.6 Å². The second-order valence-corrected chi connectivity index (χ2v) is 8.28. The van der Waals surface area contributed by atoms with Crippen LogP contribution in [0.15, 0.2) is 0 Å². The van der Waals surface area contributed by atoms with Crippen molar-refractivity contribution in [2.45, 2.75) is 106 Å². The van der Waals surface area contributed by atoms with E-state index in [1.54, 1.807) is 7.11 Å². The second-order valence-electron chi connectivity index (χ2n) is 8.28. The molecule has 6 nitrogen and oxygen atoms in total. The topological polar surface area (TPSA) is 55.4 Å². The minimum atomic E-state index is -0.451. The standard InChI is InChI=1S/C19H30O6/c1-20-15-14(13-12-21-18(23-13)8-4-2-5-9-18)22-17-16(15)24-19(25-17)10-6-3-7-11-19/h13-17H,2-12H2,1H3/t13-,14-,15-,16-,17-/m1/s1. The van der Waals surface area contributed by atoms with Gasteiger partial charge in [-0.15, -0.1) is 0 Å². The van der Waals surface area contributed by atoms with Crippen molar-refractivity contribution < 1.29 is 28.4 Å². The fourth-order valence-electron chi connectivity index (χ4n) is 5.34. The van der Waals surface area contributed by atoms with Gasteiger partial charge in [-0.2, -0.15) is 0 Å². The molecule has 0 unspecified atom stereocenters. The van der Waals surface area contributed by atoms with Gasteiger partial charge in [0.15, 0.2) is 17.9 Å². The molecule has 0 N–H and O–H groups in total. The maximum absolute atomic E-state index is 6.38. The Morgan fingerprint density at radius 1 is 0.760 bits per heavy atom. The molecule has 5 fully saturated rings. The van der Waals surface area contributed by atoms with Crippen molar-refractivity contribution in [2.24, 2.45) is 0 Å². The number of ether oxygens (including phenoxy) is 6. The molecule has 2 spiro atoms. The summed E-state index contributed by atoms with van der Waals surface area (Å²) in [7, 11) is 1.73. The monoisotopic (exact) mass is 354 g/mol. The molecule has 142 valence electrons. The van der Waals surface area contributed by atoms with Crippen molar-refractivity contribution in [1.29, 1.82) is 0 Å². The molecule has 6 heteroatoms. The highest BCUT2D eigenvalue weighted by atomic mass is 16.8. The van der Waals surface area contributed by atoms with E-state index >= 15 is 0 Å². The van der Waals surface area contributed by atoms with E-state index in [4.69, 9.17) is 28.4 Å². The van der Waals surface area contributed by atoms with Crippen LogP contribution in [0.5, 0.6) is 0 Å². The first-order valence-electron chi connectivity index (χ1n) is 10.1. The van der Waals surface area contributed by atoms with E-state index in [-0.39, 0.29) is 30.7 Å². The van der Waals surface area contributed by atoms with Crippen LogP contribution in [0.25, 0.3) is 0 Å². The molecule has 3 saturated heterocycles. The van der Waals surface area contributed by atoms with Gasteiger partial charge in [0.2, 0.25) is 0 Å². The largest absolute Gasteiger partial charge is 0.376 e. The number of hydrogen-bond acceptors (Lipinski definition) is 6. The summed E-state index contributed by atoms with van der Waals surface area (Å²) in [6.45, 7) is 0.565. The highest BCUT2D eigenvalue weighted by Gasteiger charge is 2.61. The third-order valence-corrected chi connectivity index (χ3v) is 6.64. The summed E-state index contributed by atoms with van der Waals surface area (Å²) in [6, 6.07) is 0. The van der Waals surface area contributed by atoms with Crippen LogP contribution in [0.4, 0.5) is 0 Å². The van der Waals surface area contributed by atoms with Gasteiger partial charge in [0.1, 0.15) is 24.4 Å². The van der Waals surface area contributed by atoms with Gasteiger partial charge in [0.05, 0.1) is 6.61 Å². The molecule has 2 saturated carbocycles. The Bertz CT molecular complexity index is 484. The minimum Gasteiger partial charge on any atom is -0.376 e. The first kappa shape index (κ1) is 16.9. The summed E-state index contributed by atoms with van der Waals surface area (Å²) in [6.07, 6.45) is 10.1. The lowest BCUT2D eigenvalue weighted by Gasteiger charge is -2.35. The van der Waals surface area contributed by atoms with Gasteiger partial charge in [-0.05, 0) is 25.7 Å². The molecule has 0 radical (unpaired) electrons. The van der Waals surface area contributed by atoms with E-state index in [2.05, 4.69) is 0 Å². The predicted octanol–water partition coefficient (Wildman–Crippen LogP) is 2.88. The molecule has 0 bridgehead atoms.